The summed E-state index contributed by atoms with van der Waals surface area (Å²) in [6.45, 7) is 4.29. The zero-order chi connectivity index (χ0) is 13.8. The number of likely N-dealkylation sites (tertiary alicyclic amines) is 1. The maximum atomic E-state index is 5.45. The Morgan fingerprint density at radius 3 is 2.90 bits per heavy atom. The second-order valence-corrected chi connectivity index (χ2v) is 5.50. The highest BCUT2D eigenvalue weighted by Crippen LogP contribution is 2.22. The molecule has 2 aromatic rings. The van der Waals surface area contributed by atoms with E-state index in [-0.39, 0.29) is 12.4 Å². The Morgan fingerprint density at radius 2 is 2.14 bits per heavy atom. The minimum absolute atomic E-state index is 0. The summed E-state index contributed by atoms with van der Waals surface area (Å²) in [6, 6.07) is 12.2. The molecular weight excluding hydrogens is 286 g/mol. The van der Waals surface area contributed by atoms with Crippen LogP contribution in [0.5, 0.6) is 0 Å². The van der Waals surface area contributed by atoms with Gasteiger partial charge in [-0.3, -0.25) is 4.90 Å². The molecule has 4 nitrogen and oxygen atoms in total. The summed E-state index contributed by atoms with van der Waals surface area (Å²) in [5.74, 6) is 1.62. The van der Waals surface area contributed by atoms with Crippen LogP contribution in [0.15, 0.2) is 40.9 Å². The first-order valence-electron chi connectivity index (χ1n) is 7.23. The molecule has 21 heavy (non-hydrogen) atoms. The molecule has 3 rings (SSSR count). The van der Waals surface area contributed by atoms with Gasteiger partial charge in [-0.1, -0.05) is 35.5 Å². The summed E-state index contributed by atoms with van der Waals surface area (Å²) in [6.07, 6.45) is 1.27. The van der Waals surface area contributed by atoms with Gasteiger partial charge in [-0.05, 0) is 32.5 Å². The fraction of sp³-hybridized carbons (Fsp3) is 0.438. The SMILES string of the molecule is CNCC1CCN(Cc2cc(-c3ccccc3)on2)C1.Cl. The molecule has 0 radical (unpaired) electrons. The normalized spacial score (nSPS) is 18.6. The van der Waals surface area contributed by atoms with Gasteiger partial charge in [0.25, 0.3) is 0 Å². The first kappa shape index (κ1) is 16.0. The van der Waals surface area contributed by atoms with Crippen molar-refractivity contribution < 1.29 is 4.52 Å². The van der Waals surface area contributed by atoms with Crippen molar-refractivity contribution in [3.8, 4) is 11.3 Å². The van der Waals surface area contributed by atoms with Gasteiger partial charge in [-0.15, -0.1) is 12.4 Å². The predicted octanol–water partition coefficient (Wildman–Crippen LogP) is 2.80. The van der Waals surface area contributed by atoms with E-state index in [0.717, 1.165) is 49.1 Å². The zero-order valence-corrected chi connectivity index (χ0v) is 13.1. The lowest BCUT2D eigenvalue weighted by atomic mass is 10.1. The van der Waals surface area contributed by atoms with E-state index in [4.69, 9.17) is 4.52 Å². The molecule has 1 atom stereocenters. The van der Waals surface area contributed by atoms with Crippen LogP contribution < -0.4 is 5.32 Å². The van der Waals surface area contributed by atoms with E-state index in [1.807, 2.05) is 37.4 Å². The van der Waals surface area contributed by atoms with Crippen molar-refractivity contribution in [1.29, 1.82) is 0 Å². The average molecular weight is 308 g/mol. The summed E-state index contributed by atoms with van der Waals surface area (Å²) in [4.78, 5) is 2.45. The van der Waals surface area contributed by atoms with Crippen LogP contribution in [-0.2, 0) is 6.54 Å². The molecule has 0 aliphatic carbocycles. The standard InChI is InChI=1S/C16H21N3O.ClH/c1-17-10-13-7-8-19(11-13)12-15-9-16(20-18-15)14-5-3-2-4-6-14;/h2-6,9,13,17H,7-8,10-12H2,1H3;1H. The van der Waals surface area contributed by atoms with Gasteiger partial charge in [0.15, 0.2) is 5.76 Å². The average Bonchev–Trinajstić information content (AvgIpc) is 3.11. The minimum Gasteiger partial charge on any atom is -0.356 e. The van der Waals surface area contributed by atoms with Crippen LogP contribution in [-0.4, -0.2) is 36.7 Å². The van der Waals surface area contributed by atoms with Crippen LogP contribution in [0.4, 0.5) is 0 Å². The van der Waals surface area contributed by atoms with Crippen LogP contribution in [0, 0.1) is 5.92 Å². The van der Waals surface area contributed by atoms with Crippen molar-refractivity contribution in [2.75, 3.05) is 26.7 Å². The maximum absolute atomic E-state index is 5.45. The van der Waals surface area contributed by atoms with E-state index >= 15 is 0 Å². The molecule has 1 saturated heterocycles. The number of benzene rings is 1. The largest absolute Gasteiger partial charge is 0.356 e. The van der Waals surface area contributed by atoms with Gasteiger partial charge < -0.3 is 9.84 Å². The van der Waals surface area contributed by atoms with Crippen LogP contribution in [0.3, 0.4) is 0 Å². The first-order valence-corrected chi connectivity index (χ1v) is 7.23. The number of hydrogen-bond acceptors (Lipinski definition) is 4. The molecular formula is C16H22ClN3O. The minimum atomic E-state index is 0. The van der Waals surface area contributed by atoms with Crippen LogP contribution in [0.1, 0.15) is 12.1 Å². The molecule has 1 fully saturated rings. The molecule has 1 unspecified atom stereocenters. The van der Waals surface area contributed by atoms with Gasteiger partial charge >= 0.3 is 0 Å². The summed E-state index contributed by atoms with van der Waals surface area (Å²) in [7, 11) is 2.02. The third-order valence-corrected chi connectivity index (χ3v) is 3.87. The van der Waals surface area contributed by atoms with Crippen LogP contribution >= 0.6 is 12.4 Å². The Morgan fingerprint density at radius 1 is 1.33 bits per heavy atom. The van der Waals surface area contributed by atoms with Crippen molar-refractivity contribution in [2.45, 2.75) is 13.0 Å². The Labute approximate surface area is 131 Å². The molecule has 5 heteroatoms. The second kappa shape index (κ2) is 7.59. The van der Waals surface area contributed by atoms with Gasteiger partial charge in [-0.25, -0.2) is 0 Å². The Kier molecular flexibility index (Phi) is 5.79. The molecule has 0 saturated carbocycles. The van der Waals surface area contributed by atoms with Gasteiger partial charge in [0.1, 0.15) is 0 Å². The van der Waals surface area contributed by atoms with Gasteiger partial charge in [0, 0.05) is 24.7 Å². The second-order valence-electron chi connectivity index (χ2n) is 5.50. The summed E-state index contributed by atoms with van der Waals surface area (Å²) < 4.78 is 5.45. The highest BCUT2D eigenvalue weighted by Gasteiger charge is 2.22. The molecule has 1 aromatic heterocycles. The molecule has 0 spiro atoms. The third-order valence-electron chi connectivity index (χ3n) is 3.87. The number of rotatable bonds is 5. The summed E-state index contributed by atoms with van der Waals surface area (Å²) in [5.41, 5.74) is 2.11. The lowest BCUT2D eigenvalue weighted by Gasteiger charge is -2.13. The molecule has 1 N–H and O–H groups in total. The van der Waals surface area contributed by atoms with E-state index in [0.29, 0.717) is 0 Å². The lowest BCUT2D eigenvalue weighted by Crippen LogP contribution is -2.24. The van der Waals surface area contributed by atoms with Crippen molar-refractivity contribution >= 4 is 12.4 Å². The van der Waals surface area contributed by atoms with Crippen LogP contribution in [0.25, 0.3) is 11.3 Å². The Hall–Kier alpha value is -1.36. The van der Waals surface area contributed by atoms with Gasteiger partial charge in [-0.2, -0.15) is 0 Å². The van der Waals surface area contributed by atoms with E-state index in [1.54, 1.807) is 0 Å². The molecule has 1 aliphatic heterocycles. The number of hydrogen-bond donors (Lipinski definition) is 1. The zero-order valence-electron chi connectivity index (χ0n) is 12.3. The van der Waals surface area contributed by atoms with Crippen LogP contribution in [0.2, 0.25) is 0 Å². The monoisotopic (exact) mass is 307 g/mol. The Bertz CT molecular complexity index is 543. The summed E-state index contributed by atoms with van der Waals surface area (Å²) in [5, 5.41) is 7.45. The molecule has 0 bridgehead atoms. The summed E-state index contributed by atoms with van der Waals surface area (Å²) >= 11 is 0. The molecule has 2 heterocycles. The van der Waals surface area contributed by atoms with Crippen molar-refractivity contribution in [3.63, 3.8) is 0 Å². The van der Waals surface area contributed by atoms with Crippen molar-refractivity contribution in [3.05, 3.63) is 42.1 Å². The molecule has 1 aliphatic rings. The van der Waals surface area contributed by atoms with Gasteiger partial charge in [0.05, 0.1) is 5.69 Å². The Balaban J connectivity index is 0.00000161. The smallest absolute Gasteiger partial charge is 0.167 e. The van der Waals surface area contributed by atoms with E-state index in [1.165, 1.54) is 6.42 Å². The van der Waals surface area contributed by atoms with E-state index in [9.17, 15) is 0 Å². The lowest BCUT2D eigenvalue weighted by molar-refractivity contribution is 0.302. The van der Waals surface area contributed by atoms with Crippen molar-refractivity contribution in [2.24, 2.45) is 5.92 Å². The number of nitrogens with zero attached hydrogens (tertiary/aromatic N) is 2. The molecule has 0 amide bonds. The van der Waals surface area contributed by atoms with Gasteiger partial charge in [0.2, 0.25) is 0 Å². The number of halogens is 1. The number of aromatic nitrogens is 1. The fourth-order valence-electron chi connectivity index (χ4n) is 2.87. The predicted molar refractivity (Wildman–Crippen MR) is 86.5 cm³/mol. The first-order chi connectivity index (χ1) is 9.85. The highest BCUT2D eigenvalue weighted by molar-refractivity contribution is 5.85. The topological polar surface area (TPSA) is 41.3 Å². The molecule has 1 aromatic carbocycles. The fourth-order valence-corrected chi connectivity index (χ4v) is 2.87. The maximum Gasteiger partial charge on any atom is 0.167 e. The molecule has 114 valence electrons. The quantitative estimate of drug-likeness (QED) is 0.922. The number of nitrogens with one attached hydrogen (secondary N) is 1. The van der Waals surface area contributed by atoms with E-state index in [2.05, 4.69) is 21.4 Å². The highest BCUT2D eigenvalue weighted by atomic mass is 35.5. The van der Waals surface area contributed by atoms with Crippen molar-refractivity contribution in [1.82, 2.24) is 15.4 Å². The third kappa shape index (κ3) is 4.06. The van der Waals surface area contributed by atoms with E-state index < -0.39 is 0 Å².